The van der Waals surface area contributed by atoms with Crippen molar-refractivity contribution in [2.75, 3.05) is 6.61 Å². The van der Waals surface area contributed by atoms with Gasteiger partial charge in [0.25, 0.3) is 0 Å². The molecule has 0 bridgehead atoms. The van der Waals surface area contributed by atoms with Gasteiger partial charge in [0.1, 0.15) is 17.3 Å². The summed E-state index contributed by atoms with van der Waals surface area (Å²) in [5, 5.41) is 21.4. The predicted octanol–water partition coefficient (Wildman–Crippen LogP) is 3.42. The highest BCUT2D eigenvalue weighted by Crippen LogP contribution is 2.25. The Bertz CT molecular complexity index is 707. The number of carbonyl (C=O) groups excluding carboxylic acids is 1. The molecule has 0 atom stereocenters. The summed E-state index contributed by atoms with van der Waals surface area (Å²) < 4.78 is 5.74. The van der Waals surface area contributed by atoms with Crippen molar-refractivity contribution < 1.29 is 14.6 Å². The zero-order chi connectivity index (χ0) is 20.1. The summed E-state index contributed by atoms with van der Waals surface area (Å²) in [7, 11) is 1.75. The Morgan fingerprint density at radius 1 is 1.30 bits per heavy atom. The molecule has 7 heteroatoms. The lowest BCUT2D eigenvalue weighted by Gasteiger charge is -2.10. The molecule has 2 aromatic rings. The first-order chi connectivity index (χ1) is 13.0. The van der Waals surface area contributed by atoms with Gasteiger partial charge in [0, 0.05) is 25.3 Å². The number of phenolic OH excluding ortho intramolecular Hbond substituents is 1. The van der Waals surface area contributed by atoms with E-state index in [1.165, 1.54) is 4.80 Å². The molecule has 0 fully saturated rings. The summed E-state index contributed by atoms with van der Waals surface area (Å²) in [6, 6.07) is 5.16. The van der Waals surface area contributed by atoms with Gasteiger partial charge in [0.05, 0.1) is 13.7 Å². The molecule has 1 N–H and O–H groups in total. The standard InChI is InChI=1S/C15H20N4O2.C5H10O/c1-3-6-12-8-9-13(20)11-14(12)21-10-5-4-7-15-16-18-19(2)17-15;1-3-5(6)4-2/h3,8-9,11,20H,1,4-7,10H2,2H3;3-4H2,1-2H3. The quantitative estimate of drug-likeness (QED) is 0.506. The highest BCUT2D eigenvalue weighted by atomic mass is 16.5. The third-order valence-electron chi connectivity index (χ3n) is 3.81. The van der Waals surface area contributed by atoms with Gasteiger partial charge in [-0.15, -0.1) is 16.8 Å². The third kappa shape index (κ3) is 8.99. The highest BCUT2D eigenvalue weighted by molar-refractivity contribution is 5.77. The maximum Gasteiger partial charge on any atom is 0.174 e. The summed E-state index contributed by atoms with van der Waals surface area (Å²) in [6.45, 7) is 8.08. The van der Waals surface area contributed by atoms with Gasteiger partial charge in [0.2, 0.25) is 0 Å². The lowest BCUT2D eigenvalue weighted by atomic mass is 10.1. The maximum atomic E-state index is 10.2. The average molecular weight is 374 g/mol. The molecule has 0 radical (unpaired) electrons. The predicted molar refractivity (Wildman–Crippen MR) is 105 cm³/mol. The highest BCUT2D eigenvalue weighted by Gasteiger charge is 2.05. The normalized spacial score (nSPS) is 10.0. The van der Waals surface area contributed by atoms with Gasteiger partial charge in [-0.25, -0.2) is 0 Å². The Morgan fingerprint density at radius 3 is 2.59 bits per heavy atom. The van der Waals surface area contributed by atoms with Crippen LogP contribution in [0.4, 0.5) is 0 Å². The van der Waals surface area contributed by atoms with Gasteiger partial charge in [0.15, 0.2) is 5.82 Å². The van der Waals surface area contributed by atoms with Crippen LogP contribution < -0.4 is 4.74 Å². The summed E-state index contributed by atoms with van der Waals surface area (Å²) in [5.41, 5.74) is 1.03. The van der Waals surface area contributed by atoms with Crippen molar-refractivity contribution >= 4 is 5.78 Å². The zero-order valence-corrected chi connectivity index (χ0v) is 16.5. The van der Waals surface area contributed by atoms with Crippen LogP contribution in [0.15, 0.2) is 30.9 Å². The molecule has 0 saturated heterocycles. The van der Waals surface area contributed by atoms with E-state index in [4.69, 9.17) is 4.74 Å². The first-order valence-electron chi connectivity index (χ1n) is 9.30. The smallest absolute Gasteiger partial charge is 0.174 e. The van der Waals surface area contributed by atoms with Crippen LogP contribution in [-0.2, 0) is 24.7 Å². The minimum absolute atomic E-state index is 0.210. The zero-order valence-electron chi connectivity index (χ0n) is 16.5. The molecule has 0 spiro atoms. The van der Waals surface area contributed by atoms with Gasteiger partial charge in [-0.1, -0.05) is 26.0 Å². The van der Waals surface area contributed by atoms with Crippen LogP contribution in [-0.4, -0.2) is 37.7 Å². The number of unbranched alkanes of at least 4 members (excludes halogenated alkanes) is 1. The number of hydrogen-bond acceptors (Lipinski definition) is 6. The van der Waals surface area contributed by atoms with E-state index in [9.17, 15) is 9.90 Å². The van der Waals surface area contributed by atoms with Crippen LogP contribution in [0.1, 0.15) is 50.9 Å². The van der Waals surface area contributed by atoms with Crippen molar-refractivity contribution in [1.29, 1.82) is 0 Å². The molecule has 1 aromatic carbocycles. The van der Waals surface area contributed by atoms with Crippen molar-refractivity contribution in [2.45, 2.75) is 52.4 Å². The molecule has 2 rings (SSSR count). The molecule has 0 aliphatic heterocycles. The minimum atomic E-state index is 0.210. The number of allylic oxidation sites excluding steroid dienone is 1. The molecule has 0 saturated carbocycles. The number of hydrogen-bond donors (Lipinski definition) is 1. The molecular formula is C20H30N4O3. The Kier molecular flexibility index (Phi) is 10.4. The molecule has 0 unspecified atom stereocenters. The molecule has 0 aliphatic rings. The maximum absolute atomic E-state index is 10.2. The lowest BCUT2D eigenvalue weighted by Crippen LogP contribution is -2.01. The summed E-state index contributed by atoms with van der Waals surface area (Å²) >= 11 is 0. The average Bonchev–Trinajstić information content (AvgIpc) is 3.08. The fourth-order valence-electron chi connectivity index (χ4n) is 2.24. The number of ketones is 1. The lowest BCUT2D eigenvalue weighted by molar-refractivity contribution is -0.118. The number of rotatable bonds is 10. The van der Waals surface area contributed by atoms with Gasteiger partial charge >= 0.3 is 0 Å². The van der Waals surface area contributed by atoms with E-state index in [-0.39, 0.29) is 5.75 Å². The Morgan fingerprint density at radius 2 is 2.04 bits per heavy atom. The number of Topliss-reactive ketones (excluding diaryl/α,β-unsaturated/α-hetero) is 1. The van der Waals surface area contributed by atoms with Gasteiger partial charge in [-0.05, 0) is 36.1 Å². The van der Waals surface area contributed by atoms with E-state index in [1.54, 1.807) is 19.2 Å². The number of benzene rings is 1. The number of ether oxygens (including phenoxy) is 1. The van der Waals surface area contributed by atoms with Gasteiger partial charge in [-0.3, -0.25) is 4.79 Å². The second-order valence-electron chi connectivity index (χ2n) is 6.03. The molecule has 1 heterocycles. The van der Waals surface area contributed by atoms with Crippen molar-refractivity contribution in [2.24, 2.45) is 7.05 Å². The second kappa shape index (κ2) is 12.6. The molecule has 1 aromatic heterocycles. The summed E-state index contributed by atoms with van der Waals surface area (Å²) in [6.07, 6.45) is 6.53. The van der Waals surface area contributed by atoms with E-state index in [0.717, 1.165) is 37.1 Å². The fraction of sp³-hybridized carbons (Fsp3) is 0.500. The third-order valence-corrected chi connectivity index (χ3v) is 3.81. The van der Waals surface area contributed by atoms with E-state index < -0.39 is 0 Å². The number of tetrazole rings is 1. The van der Waals surface area contributed by atoms with Gasteiger partial charge < -0.3 is 9.84 Å². The minimum Gasteiger partial charge on any atom is -0.508 e. The molecule has 27 heavy (non-hydrogen) atoms. The van der Waals surface area contributed by atoms with Crippen molar-refractivity contribution in [3.8, 4) is 11.5 Å². The number of aryl methyl sites for hydroxylation is 2. The first-order valence-corrected chi connectivity index (χ1v) is 9.30. The van der Waals surface area contributed by atoms with Crippen molar-refractivity contribution in [3.05, 3.63) is 42.2 Å². The molecule has 0 aliphatic carbocycles. The van der Waals surface area contributed by atoms with E-state index in [2.05, 4.69) is 22.0 Å². The van der Waals surface area contributed by atoms with E-state index >= 15 is 0 Å². The molecule has 148 valence electrons. The molecule has 7 nitrogen and oxygen atoms in total. The SMILES string of the molecule is C=CCc1ccc(O)cc1OCCCCc1nnn(C)n1.CCC(=O)CC. The summed E-state index contributed by atoms with van der Waals surface area (Å²) in [5.74, 6) is 2.02. The van der Waals surface area contributed by atoms with Crippen LogP contribution in [0.2, 0.25) is 0 Å². The van der Waals surface area contributed by atoms with Gasteiger partial charge in [-0.2, -0.15) is 4.80 Å². The number of nitrogens with zero attached hydrogens (tertiary/aromatic N) is 4. The monoisotopic (exact) mass is 374 g/mol. The molecule has 0 amide bonds. The van der Waals surface area contributed by atoms with Crippen molar-refractivity contribution in [1.82, 2.24) is 20.2 Å². The first kappa shape index (κ1) is 22.3. The van der Waals surface area contributed by atoms with Crippen molar-refractivity contribution in [3.63, 3.8) is 0 Å². The Balaban J connectivity index is 0.000000527. The van der Waals surface area contributed by atoms with E-state index in [1.807, 2.05) is 26.0 Å². The number of carbonyl (C=O) groups is 1. The fourth-order valence-corrected chi connectivity index (χ4v) is 2.24. The topological polar surface area (TPSA) is 90.1 Å². The Hall–Kier alpha value is -2.70. The summed E-state index contributed by atoms with van der Waals surface area (Å²) in [4.78, 5) is 11.6. The largest absolute Gasteiger partial charge is 0.508 e. The number of aromatic hydroxyl groups is 1. The number of phenols is 1. The van der Waals surface area contributed by atoms with Crippen LogP contribution >= 0.6 is 0 Å². The molecular weight excluding hydrogens is 344 g/mol. The second-order valence-corrected chi connectivity index (χ2v) is 6.03. The van der Waals surface area contributed by atoms with Crippen LogP contribution in [0.5, 0.6) is 11.5 Å². The van der Waals surface area contributed by atoms with Crippen LogP contribution in [0.3, 0.4) is 0 Å². The van der Waals surface area contributed by atoms with Crippen LogP contribution in [0, 0.1) is 0 Å². The Labute approximate surface area is 161 Å². The van der Waals surface area contributed by atoms with E-state index in [0.29, 0.717) is 31.0 Å². The number of aromatic nitrogens is 4. The van der Waals surface area contributed by atoms with Crippen LogP contribution in [0.25, 0.3) is 0 Å².